The van der Waals surface area contributed by atoms with Gasteiger partial charge in [0.15, 0.2) is 0 Å². The van der Waals surface area contributed by atoms with Crippen LogP contribution in [0.4, 0.5) is 17.1 Å². The highest BCUT2D eigenvalue weighted by atomic mass is 14.9. The Labute approximate surface area is 103 Å². The number of hydrogen-bond acceptors (Lipinski definition) is 3. The van der Waals surface area contributed by atoms with E-state index in [0.717, 1.165) is 35.4 Å². The van der Waals surface area contributed by atoms with Crippen LogP contribution in [-0.4, -0.2) is 13.3 Å². The lowest BCUT2D eigenvalue weighted by Crippen LogP contribution is -2.16. The van der Waals surface area contributed by atoms with Crippen molar-refractivity contribution in [3.05, 3.63) is 18.2 Å². The van der Waals surface area contributed by atoms with Gasteiger partial charge in [0.1, 0.15) is 0 Å². The molecule has 0 amide bonds. The van der Waals surface area contributed by atoms with E-state index in [1.54, 1.807) is 0 Å². The van der Waals surface area contributed by atoms with Crippen LogP contribution in [0, 0.1) is 11.8 Å². The van der Waals surface area contributed by atoms with Crippen LogP contribution < -0.4 is 11.1 Å². The van der Waals surface area contributed by atoms with Gasteiger partial charge in [-0.25, -0.2) is 0 Å². The van der Waals surface area contributed by atoms with Crippen molar-refractivity contribution in [2.75, 3.05) is 17.6 Å². The van der Waals surface area contributed by atoms with E-state index in [0.29, 0.717) is 0 Å². The number of rotatable bonds is 4. The maximum absolute atomic E-state index is 5.79. The van der Waals surface area contributed by atoms with E-state index in [4.69, 9.17) is 5.73 Å². The molecule has 1 aliphatic carbocycles. The Kier molecular flexibility index (Phi) is 3.67. The van der Waals surface area contributed by atoms with Gasteiger partial charge in [-0.05, 0) is 43.2 Å². The zero-order valence-corrected chi connectivity index (χ0v) is 10.4. The highest BCUT2D eigenvalue weighted by Gasteiger charge is 2.22. The minimum atomic E-state index is 0.763. The van der Waals surface area contributed by atoms with Gasteiger partial charge >= 0.3 is 0 Å². The average Bonchev–Trinajstić information content (AvgIpc) is 2.72. The number of aliphatic imine (C=N–C) groups is 1. The number of anilines is 2. The normalized spacial score (nSPS) is 23.6. The first-order chi connectivity index (χ1) is 8.20. The molecule has 0 aliphatic heterocycles. The third kappa shape index (κ3) is 2.78. The van der Waals surface area contributed by atoms with Gasteiger partial charge in [0.05, 0.1) is 11.4 Å². The maximum atomic E-state index is 5.79. The van der Waals surface area contributed by atoms with Crippen LogP contribution in [-0.2, 0) is 0 Å². The summed E-state index contributed by atoms with van der Waals surface area (Å²) in [5.74, 6) is 1.60. The highest BCUT2D eigenvalue weighted by molar-refractivity contribution is 5.72. The van der Waals surface area contributed by atoms with Crippen LogP contribution in [0.25, 0.3) is 0 Å². The summed E-state index contributed by atoms with van der Waals surface area (Å²) in [6.07, 6.45) is 4.04. The van der Waals surface area contributed by atoms with Gasteiger partial charge in [-0.15, -0.1) is 0 Å². The number of nitrogens with two attached hydrogens (primary N) is 1. The van der Waals surface area contributed by atoms with Gasteiger partial charge in [0.2, 0.25) is 0 Å². The summed E-state index contributed by atoms with van der Waals surface area (Å²) >= 11 is 0. The predicted molar refractivity (Wildman–Crippen MR) is 75.1 cm³/mol. The highest BCUT2D eigenvalue weighted by Crippen LogP contribution is 2.33. The molecule has 0 radical (unpaired) electrons. The number of hydrogen-bond donors (Lipinski definition) is 2. The van der Waals surface area contributed by atoms with Gasteiger partial charge in [-0.3, -0.25) is 4.99 Å². The molecule has 3 nitrogen and oxygen atoms in total. The first-order valence-corrected chi connectivity index (χ1v) is 6.31. The van der Waals surface area contributed by atoms with E-state index in [2.05, 4.69) is 24.0 Å². The fraction of sp³-hybridized carbons (Fsp3) is 0.500. The molecular weight excluding hydrogens is 210 g/mol. The Balaban J connectivity index is 2.02. The second-order valence-electron chi connectivity index (χ2n) is 4.98. The van der Waals surface area contributed by atoms with Crippen molar-refractivity contribution in [1.82, 2.24) is 0 Å². The van der Waals surface area contributed by atoms with Crippen LogP contribution in [0.15, 0.2) is 23.2 Å². The lowest BCUT2D eigenvalue weighted by Gasteiger charge is -2.17. The summed E-state index contributed by atoms with van der Waals surface area (Å²) in [7, 11) is 0. The maximum Gasteiger partial charge on any atom is 0.0855 e. The first kappa shape index (κ1) is 12.0. The molecule has 1 aromatic carbocycles. The summed E-state index contributed by atoms with van der Waals surface area (Å²) < 4.78 is 0. The van der Waals surface area contributed by atoms with Crippen LogP contribution in [0.2, 0.25) is 0 Å². The number of nitrogen functional groups attached to an aromatic ring is 1. The molecule has 0 bridgehead atoms. The van der Waals surface area contributed by atoms with Crippen molar-refractivity contribution in [3.8, 4) is 0 Å². The SMILES string of the molecule is C=Nc1ccc(N)cc1NCC1CCCC1C. The Morgan fingerprint density at radius 3 is 2.94 bits per heavy atom. The molecule has 2 rings (SSSR count). The molecule has 1 fully saturated rings. The summed E-state index contributed by atoms with van der Waals surface area (Å²) in [5, 5.41) is 3.46. The Hall–Kier alpha value is -1.51. The third-order valence-electron chi connectivity index (χ3n) is 3.78. The molecule has 0 saturated heterocycles. The molecule has 17 heavy (non-hydrogen) atoms. The standard InChI is InChI=1S/C14H21N3/c1-10-4-3-5-11(10)9-17-14-8-12(15)6-7-13(14)16-2/h6-8,10-11,17H,2-5,9,15H2,1H3. The zero-order valence-electron chi connectivity index (χ0n) is 10.4. The first-order valence-electron chi connectivity index (χ1n) is 6.31. The lowest BCUT2D eigenvalue weighted by molar-refractivity contribution is 0.440. The summed E-state index contributed by atoms with van der Waals surface area (Å²) in [5.41, 5.74) is 8.43. The molecule has 0 heterocycles. The minimum absolute atomic E-state index is 0.763. The molecule has 0 spiro atoms. The van der Waals surface area contributed by atoms with Crippen LogP contribution in [0.3, 0.4) is 0 Å². The van der Waals surface area contributed by atoms with Gasteiger partial charge in [0.25, 0.3) is 0 Å². The fourth-order valence-electron chi connectivity index (χ4n) is 2.60. The van der Waals surface area contributed by atoms with E-state index in [-0.39, 0.29) is 0 Å². The number of nitrogens with one attached hydrogen (secondary N) is 1. The average molecular weight is 231 g/mol. The molecule has 3 N–H and O–H groups in total. The summed E-state index contributed by atoms with van der Waals surface area (Å²) in [6.45, 7) is 6.93. The zero-order chi connectivity index (χ0) is 12.3. The Morgan fingerprint density at radius 2 is 2.29 bits per heavy atom. The van der Waals surface area contributed by atoms with E-state index < -0.39 is 0 Å². The molecule has 3 heteroatoms. The van der Waals surface area contributed by atoms with Crippen molar-refractivity contribution in [2.45, 2.75) is 26.2 Å². The van der Waals surface area contributed by atoms with Gasteiger partial charge in [-0.1, -0.05) is 19.8 Å². The topological polar surface area (TPSA) is 50.4 Å². The van der Waals surface area contributed by atoms with Crippen LogP contribution in [0.1, 0.15) is 26.2 Å². The smallest absolute Gasteiger partial charge is 0.0855 e. The molecule has 1 saturated carbocycles. The number of nitrogens with zero attached hydrogens (tertiary/aromatic N) is 1. The van der Waals surface area contributed by atoms with E-state index in [9.17, 15) is 0 Å². The van der Waals surface area contributed by atoms with E-state index >= 15 is 0 Å². The molecule has 2 unspecified atom stereocenters. The van der Waals surface area contributed by atoms with Gasteiger partial charge < -0.3 is 11.1 Å². The fourth-order valence-corrected chi connectivity index (χ4v) is 2.60. The number of benzene rings is 1. The Morgan fingerprint density at radius 1 is 1.47 bits per heavy atom. The molecular formula is C14H21N3. The van der Waals surface area contributed by atoms with Crippen LogP contribution in [0.5, 0.6) is 0 Å². The van der Waals surface area contributed by atoms with E-state index in [1.807, 2.05) is 18.2 Å². The quantitative estimate of drug-likeness (QED) is 0.616. The van der Waals surface area contributed by atoms with Gasteiger partial charge in [0, 0.05) is 12.2 Å². The van der Waals surface area contributed by atoms with Crippen molar-refractivity contribution < 1.29 is 0 Å². The van der Waals surface area contributed by atoms with Crippen LogP contribution >= 0.6 is 0 Å². The van der Waals surface area contributed by atoms with Crippen molar-refractivity contribution in [2.24, 2.45) is 16.8 Å². The molecule has 2 atom stereocenters. The van der Waals surface area contributed by atoms with Crippen molar-refractivity contribution >= 4 is 23.8 Å². The second-order valence-corrected chi connectivity index (χ2v) is 4.98. The predicted octanol–water partition coefficient (Wildman–Crippen LogP) is 3.45. The molecule has 1 aliphatic rings. The lowest BCUT2D eigenvalue weighted by atomic mass is 9.98. The van der Waals surface area contributed by atoms with Crippen molar-refractivity contribution in [3.63, 3.8) is 0 Å². The van der Waals surface area contributed by atoms with Crippen molar-refractivity contribution in [1.29, 1.82) is 0 Å². The molecule has 1 aromatic rings. The van der Waals surface area contributed by atoms with E-state index in [1.165, 1.54) is 19.3 Å². The van der Waals surface area contributed by atoms with Gasteiger partial charge in [-0.2, -0.15) is 0 Å². The largest absolute Gasteiger partial charge is 0.399 e. The summed E-state index contributed by atoms with van der Waals surface area (Å²) in [4.78, 5) is 4.01. The Bertz CT molecular complexity index is 400. The molecule has 92 valence electrons. The summed E-state index contributed by atoms with van der Waals surface area (Å²) in [6, 6.07) is 5.69. The second kappa shape index (κ2) is 5.21. The molecule has 0 aromatic heterocycles. The minimum Gasteiger partial charge on any atom is -0.399 e. The third-order valence-corrected chi connectivity index (χ3v) is 3.78. The monoisotopic (exact) mass is 231 g/mol.